The molecule has 0 bridgehead atoms. The number of nitrogens with zero attached hydrogens (tertiary/aromatic N) is 3. The SMILES string of the molecule is CCOC(=O)[C@H]1[C@H](c2ccccc2OC(C)C)C(C#N)(C#N)[C@@H]2c3ccccc3C=CN21. The Bertz CT molecular complexity index is 1130. The van der Waals surface area contributed by atoms with E-state index in [4.69, 9.17) is 9.47 Å². The van der Waals surface area contributed by atoms with Crippen LogP contribution < -0.4 is 4.74 Å². The van der Waals surface area contributed by atoms with Crippen LogP contribution in [0.3, 0.4) is 0 Å². The van der Waals surface area contributed by atoms with Crippen molar-refractivity contribution in [1.82, 2.24) is 4.90 Å². The molecule has 0 aliphatic carbocycles. The number of nitriles is 2. The highest BCUT2D eigenvalue weighted by molar-refractivity contribution is 5.81. The van der Waals surface area contributed by atoms with Gasteiger partial charge in [-0.25, -0.2) is 4.79 Å². The third-order valence-electron chi connectivity index (χ3n) is 6.09. The van der Waals surface area contributed by atoms with Gasteiger partial charge in [-0.05, 0) is 44.0 Å². The summed E-state index contributed by atoms with van der Waals surface area (Å²) in [7, 11) is 0. The normalized spacial score (nSPS) is 22.4. The number of carbonyl (C=O) groups is 1. The summed E-state index contributed by atoms with van der Waals surface area (Å²) in [5.41, 5.74) is 0.896. The van der Waals surface area contributed by atoms with Crippen molar-refractivity contribution in [3.8, 4) is 17.9 Å². The largest absolute Gasteiger partial charge is 0.491 e. The second kappa shape index (κ2) is 8.40. The second-order valence-corrected chi connectivity index (χ2v) is 8.27. The van der Waals surface area contributed by atoms with Crippen LogP contribution in [0, 0.1) is 28.1 Å². The van der Waals surface area contributed by atoms with Crippen LogP contribution in [-0.4, -0.2) is 29.6 Å². The molecule has 2 aliphatic rings. The van der Waals surface area contributed by atoms with Crippen LogP contribution in [0.25, 0.3) is 6.08 Å². The molecule has 0 N–H and O–H groups in total. The Balaban J connectivity index is 1.99. The van der Waals surface area contributed by atoms with Gasteiger partial charge in [-0.3, -0.25) is 0 Å². The van der Waals surface area contributed by atoms with Crippen molar-refractivity contribution in [3.05, 3.63) is 71.4 Å². The molecule has 1 fully saturated rings. The molecule has 2 aliphatic heterocycles. The Kier molecular flexibility index (Phi) is 5.63. The van der Waals surface area contributed by atoms with Crippen molar-refractivity contribution < 1.29 is 14.3 Å². The van der Waals surface area contributed by atoms with E-state index in [0.29, 0.717) is 11.3 Å². The van der Waals surface area contributed by atoms with Gasteiger partial charge in [0.15, 0.2) is 5.41 Å². The van der Waals surface area contributed by atoms with Crippen molar-refractivity contribution in [3.63, 3.8) is 0 Å². The Morgan fingerprint density at radius 2 is 1.75 bits per heavy atom. The summed E-state index contributed by atoms with van der Waals surface area (Å²) in [5.74, 6) is -0.667. The van der Waals surface area contributed by atoms with Gasteiger partial charge in [0.2, 0.25) is 0 Å². The van der Waals surface area contributed by atoms with E-state index in [9.17, 15) is 15.3 Å². The van der Waals surface area contributed by atoms with Crippen LogP contribution in [0.2, 0.25) is 0 Å². The van der Waals surface area contributed by atoms with Crippen LogP contribution in [0.4, 0.5) is 0 Å². The summed E-state index contributed by atoms with van der Waals surface area (Å²) in [4.78, 5) is 15.1. The van der Waals surface area contributed by atoms with E-state index in [-0.39, 0.29) is 12.7 Å². The number of benzene rings is 2. The quantitative estimate of drug-likeness (QED) is 0.650. The van der Waals surface area contributed by atoms with Gasteiger partial charge in [0.05, 0.1) is 36.8 Å². The Hall–Kier alpha value is -3.77. The lowest BCUT2D eigenvalue weighted by Gasteiger charge is -2.34. The Morgan fingerprint density at radius 1 is 1.09 bits per heavy atom. The van der Waals surface area contributed by atoms with Crippen molar-refractivity contribution in [2.24, 2.45) is 5.41 Å². The standard InChI is InChI=1S/C26H25N3O3/c1-4-31-25(30)23-22(20-11-7-8-12-21(20)32-17(2)3)26(15-27,16-28)24-19-10-6-5-9-18(19)13-14-29(23)24/h5-14,17,22-24H,4H2,1-3H3/t22-,23+,24-/m0/s1. The van der Waals surface area contributed by atoms with E-state index in [1.165, 1.54) is 0 Å². The molecular weight excluding hydrogens is 402 g/mol. The first-order valence-corrected chi connectivity index (χ1v) is 10.8. The maximum Gasteiger partial charge on any atom is 0.329 e. The number of hydrogen-bond acceptors (Lipinski definition) is 6. The molecule has 2 aromatic rings. The molecule has 6 heteroatoms. The third-order valence-corrected chi connectivity index (χ3v) is 6.09. The highest BCUT2D eigenvalue weighted by Crippen LogP contribution is 2.60. The minimum atomic E-state index is -1.53. The lowest BCUT2D eigenvalue weighted by Crippen LogP contribution is -2.39. The highest BCUT2D eigenvalue weighted by atomic mass is 16.5. The number of fused-ring (bicyclic) bond motifs is 3. The molecule has 32 heavy (non-hydrogen) atoms. The zero-order chi connectivity index (χ0) is 22.9. The van der Waals surface area contributed by atoms with Crippen molar-refractivity contribution >= 4 is 12.0 Å². The van der Waals surface area contributed by atoms with E-state index < -0.39 is 29.4 Å². The number of hydrogen-bond donors (Lipinski definition) is 0. The molecule has 0 radical (unpaired) electrons. The molecule has 3 atom stereocenters. The summed E-state index contributed by atoms with van der Waals surface area (Å²) in [6.45, 7) is 5.78. The second-order valence-electron chi connectivity index (χ2n) is 8.27. The predicted octanol–water partition coefficient (Wildman–Crippen LogP) is 4.56. The molecule has 0 spiro atoms. The fraction of sp³-hybridized carbons (Fsp3) is 0.346. The first-order valence-electron chi connectivity index (χ1n) is 10.8. The fourth-order valence-corrected chi connectivity index (χ4v) is 4.94. The maximum atomic E-state index is 13.3. The summed E-state index contributed by atoms with van der Waals surface area (Å²) in [6.07, 6.45) is 3.61. The molecule has 2 aromatic carbocycles. The van der Waals surface area contributed by atoms with Gasteiger partial charge in [0.25, 0.3) is 0 Å². The molecule has 6 nitrogen and oxygen atoms in total. The van der Waals surface area contributed by atoms with Gasteiger partial charge < -0.3 is 14.4 Å². The van der Waals surface area contributed by atoms with E-state index in [1.807, 2.05) is 79.6 Å². The first-order chi connectivity index (χ1) is 15.5. The summed E-state index contributed by atoms with van der Waals surface area (Å²) < 4.78 is 11.5. The lowest BCUT2D eigenvalue weighted by atomic mass is 9.68. The van der Waals surface area contributed by atoms with Gasteiger partial charge in [0.1, 0.15) is 11.8 Å². The van der Waals surface area contributed by atoms with Gasteiger partial charge >= 0.3 is 5.97 Å². The van der Waals surface area contributed by atoms with Crippen LogP contribution in [-0.2, 0) is 9.53 Å². The number of para-hydroxylation sites is 1. The average Bonchev–Trinajstić information content (AvgIpc) is 3.10. The minimum absolute atomic E-state index is 0.111. The van der Waals surface area contributed by atoms with E-state index in [0.717, 1.165) is 11.1 Å². The van der Waals surface area contributed by atoms with E-state index >= 15 is 0 Å². The Morgan fingerprint density at radius 3 is 2.41 bits per heavy atom. The minimum Gasteiger partial charge on any atom is -0.491 e. The number of carbonyl (C=O) groups excluding carboxylic acids is 1. The number of ether oxygens (including phenoxy) is 2. The molecule has 0 unspecified atom stereocenters. The predicted molar refractivity (Wildman–Crippen MR) is 119 cm³/mol. The van der Waals surface area contributed by atoms with Crippen LogP contribution in [0.15, 0.2) is 54.7 Å². The molecular formula is C26H25N3O3. The number of esters is 1. The van der Waals surface area contributed by atoms with E-state index in [2.05, 4.69) is 12.1 Å². The maximum absolute atomic E-state index is 13.3. The fourth-order valence-electron chi connectivity index (χ4n) is 4.94. The third kappa shape index (κ3) is 3.20. The van der Waals surface area contributed by atoms with Crippen LogP contribution >= 0.6 is 0 Å². The van der Waals surface area contributed by atoms with Gasteiger partial charge in [-0.15, -0.1) is 0 Å². The molecule has 0 amide bonds. The smallest absolute Gasteiger partial charge is 0.329 e. The molecule has 1 saturated heterocycles. The molecule has 4 rings (SSSR count). The molecule has 2 heterocycles. The highest BCUT2D eigenvalue weighted by Gasteiger charge is 2.65. The van der Waals surface area contributed by atoms with Crippen molar-refractivity contribution in [2.75, 3.05) is 6.61 Å². The first kappa shape index (κ1) is 21.5. The zero-order valence-electron chi connectivity index (χ0n) is 18.4. The van der Waals surface area contributed by atoms with Gasteiger partial charge in [-0.2, -0.15) is 10.5 Å². The van der Waals surface area contributed by atoms with Gasteiger partial charge in [0, 0.05) is 11.8 Å². The van der Waals surface area contributed by atoms with Crippen molar-refractivity contribution in [2.45, 2.75) is 44.9 Å². The number of rotatable bonds is 5. The summed E-state index contributed by atoms with van der Waals surface area (Å²) in [6, 6.07) is 18.2. The molecule has 0 aromatic heterocycles. The monoisotopic (exact) mass is 427 g/mol. The average molecular weight is 428 g/mol. The van der Waals surface area contributed by atoms with Crippen molar-refractivity contribution in [1.29, 1.82) is 10.5 Å². The van der Waals surface area contributed by atoms with E-state index in [1.54, 1.807) is 6.92 Å². The molecule has 0 saturated carbocycles. The summed E-state index contributed by atoms with van der Waals surface area (Å²) in [5, 5.41) is 21.0. The van der Waals surface area contributed by atoms with Crippen LogP contribution in [0.1, 0.15) is 49.4 Å². The Labute approximate surface area is 188 Å². The van der Waals surface area contributed by atoms with Crippen LogP contribution in [0.5, 0.6) is 5.75 Å². The van der Waals surface area contributed by atoms with Gasteiger partial charge in [-0.1, -0.05) is 42.5 Å². The summed E-state index contributed by atoms with van der Waals surface area (Å²) >= 11 is 0. The zero-order valence-corrected chi connectivity index (χ0v) is 18.4. The molecule has 162 valence electrons. The topological polar surface area (TPSA) is 86.3 Å². The lowest BCUT2D eigenvalue weighted by molar-refractivity contribution is -0.148.